The average molecular weight is 296 g/mol. The summed E-state index contributed by atoms with van der Waals surface area (Å²) in [6.45, 7) is 3.43. The Morgan fingerprint density at radius 3 is 2.75 bits per heavy atom. The highest BCUT2D eigenvalue weighted by Gasteiger charge is 2.15. The summed E-state index contributed by atoms with van der Waals surface area (Å²) < 4.78 is 0. The molecular weight excluding hydrogens is 276 g/mol. The van der Waals surface area contributed by atoms with Crippen molar-refractivity contribution in [3.8, 4) is 0 Å². The summed E-state index contributed by atoms with van der Waals surface area (Å²) in [4.78, 5) is 14.9. The normalized spacial score (nSPS) is 18.6. The van der Waals surface area contributed by atoms with Gasteiger partial charge in [-0.2, -0.15) is 11.8 Å². The number of anilines is 2. The quantitative estimate of drug-likeness (QED) is 0.620. The van der Waals surface area contributed by atoms with Gasteiger partial charge in [-0.05, 0) is 25.5 Å². The molecule has 1 aliphatic heterocycles. The first-order chi connectivity index (χ1) is 9.69. The lowest BCUT2D eigenvalue weighted by molar-refractivity contribution is -0.384. The highest BCUT2D eigenvalue weighted by molar-refractivity contribution is 7.99. The van der Waals surface area contributed by atoms with Crippen molar-refractivity contribution in [3.63, 3.8) is 0 Å². The Balaban J connectivity index is 2.03. The van der Waals surface area contributed by atoms with Crippen LogP contribution in [-0.4, -0.2) is 34.0 Å². The first-order valence-corrected chi connectivity index (χ1v) is 7.99. The van der Waals surface area contributed by atoms with E-state index in [2.05, 4.69) is 15.6 Å². The van der Waals surface area contributed by atoms with Gasteiger partial charge in [0.2, 0.25) is 0 Å². The minimum atomic E-state index is -0.386. The van der Waals surface area contributed by atoms with Crippen LogP contribution in [0.2, 0.25) is 0 Å². The lowest BCUT2D eigenvalue weighted by Crippen LogP contribution is -2.20. The Bertz CT molecular complexity index is 464. The molecule has 1 atom stereocenters. The van der Waals surface area contributed by atoms with E-state index in [1.165, 1.54) is 37.1 Å². The van der Waals surface area contributed by atoms with Crippen LogP contribution in [-0.2, 0) is 0 Å². The van der Waals surface area contributed by atoms with Crippen molar-refractivity contribution in [2.45, 2.75) is 31.4 Å². The molecule has 0 aromatic carbocycles. The van der Waals surface area contributed by atoms with Gasteiger partial charge >= 0.3 is 0 Å². The first kappa shape index (κ1) is 14.9. The minimum Gasteiger partial charge on any atom is -0.370 e. The van der Waals surface area contributed by atoms with E-state index in [-0.39, 0.29) is 10.6 Å². The third kappa shape index (κ3) is 4.26. The Labute approximate surface area is 122 Å². The lowest BCUT2D eigenvalue weighted by atomic mass is 10.2. The van der Waals surface area contributed by atoms with Crippen molar-refractivity contribution in [3.05, 3.63) is 22.2 Å². The van der Waals surface area contributed by atoms with E-state index in [1.807, 2.05) is 18.7 Å². The summed E-state index contributed by atoms with van der Waals surface area (Å²) in [6, 6.07) is 2.96. The monoisotopic (exact) mass is 296 g/mol. The topological polar surface area (TPSA) is 80.1 Å². The largest absolute Gasteiger partial charge is 0.370 e. The molecule has 2 rings (SSSR count). The van der Waals surface area contributed by atoms with E-state index in [9.17, 15) is 10.1 Å². The molecule has 0 radical (unpaired) electrons. The molecule has 7 heteroatoms. The molecule has 1 unspecified atom stereocenters. The van der Waals surface area contributed by atoms with Crippen molar-refractivity contribution in [2.24, 2.45) is 0 Å². The average Bonchev–Trinajstić information content (AvgIpc) is 2.46. The summed E-state index contributed by atoms with van der Waals surface area (Å²) in [7, 11) is 0. The molecule has 0 saturated carbocycles. The van der Waals surface area contributed by atoms with Crippen LogP contribution >= 0.6 is 11.8 Å². The maximum Gasteiger partial charge on any atom is 0.276 e. The maximum absolute atomic E-state index is 10.9. The summed E-state index contributed by atoms with van der Waals surface area (Å²) in [5, 5.41) is 17.8. The number of hydrogen-bond acceptors (Lipinski definition) is 6. The molecule has 2 heterocycles. The van der Waals surface area contributed by atoms with E-state index in [0.29, 0.717) is 23.4 Å². The zero-order chi connectivity index (χ0) is 14.4. The highest BCUT2D eigenvalue weighted by Crippen LogP contribution is 2.26. The molecule has 1 saturated heterocycles. The van der Waals surface area contributed by atoms with E-state index in [0.717, 1.165) is 6.54 Å². The molecule has 0 amide bonds. The number of hydrogen-bond donors (Lipinski definition) is 2. The number of aromatic nitrogens is 1. The molecule has 1 aromatic rings. The van der Waals surface area contributed by atoms with Crippen molar-refractivity contribution >= 4 is 29.1 Å². The number of thioether (sulfide) groups is 1. The van der Waals surface area contributed by atoms with E-state index >= 15 is 0 Å². The number of nitrogens with one attached hydrogen (secondary N) is 2. The summed E-state index contributed by atoms with van der Waals surface area (Å²) >= 11 is 1.97. The zero-order valence-electron chi connectivity index (χ0n) is 11.6. The van der Waals surface area contributed by atoms with Gasteiger partial charge < -0.3 is 10.6 Å². The Morgan fingerprint density at radius 2 is 2.15 bits per heavy atom. The van der Waals surface area contributed by atoms with Gasteiger partial charge in [0, 0.05) is 18.3 Å². The Morgan fingerprint density at radius 1 is 1.40 bits per heavy atom. The molecule has 0 spiro atoms. The second-order valence-electron chi connectivity index (χ2n) is 4.75. The molecule has 0 aliphatic carbocycles. The second kappa shape index (κ2) is 7.33. The fourth-order valence-corrected chi connectivity index (χ4v) is 3.41. The summed E-state index contributed by atoms with van der Waals surface area (Å²) in [5.41, 5.74) is 0.0646. The fraction of sp³-hybridized carbons (Fsp3) is 0.615. The molecule has 1 aliphatic rings. The van der Waals surface area contributed by atoms with Crippen molar-refractivity contribution in [1.82, 2.24) is 4.98 Å². The molecule has 0 bridgehead atoms. The van der Waals surface area contributed by atoms with Crippen LogP contribution in [0, 0.1) is 10.1 Å². The predicted octanol–water partition coefficient (Wildman–Crippen LogP) is 3.12. The fourth-order valence-electron chi connectivity index (χ4n) is 2.17. The highest BCUT2D eigenvalue weighted by atomic mass is 32.2. The van der Waals surface area contributed by atoms with E-state index < -0.39 is 0 Å². The van der Waals surface area contributed by atoms with Crippen LogP contribution in [0.15, 0.2) is 12.1 Å². The van der Waals surface area contributed by atoms with Crippen molar-refractivity contribution in [2.75, 3.05) is 29.5 Å². The Kier molecular flexibility index (Phi) is 5.46. The molecule has 6 nitrogen and oxygen atoms in total. The number of rotatable bonds is 6. The Hall–Kier alpha value is -1.50. The van der Waals surface area contributed by atoms with Gasteiger partial charge in [0.25, 0.3) is 5.69 Å². The molecule has 1 fully saturated rings. The number of nitro groups is 1. The van der Waals surface area contributed by atoms with Gasteiger partial charge in [-0.3, -0.25) is 10.1 Å². The van der Waals surface area contributed by atoms with Gasteiger partial charge in [0.15, 0.2) is 0 Å². The third-order valence-electron chi connectivity index (χ3n) is 3.16. The van der Waals surface area contributed by atoms with E-state index in [1.54, 1.807) is 0 Å². The second-order valence-corrected chi connectivity index (χ2v) is 6.16. The van der Waals surface area contributed by atoms with Gasteiger partial charge in [0.05, 0.1) is 17.1 Å². The summed E-state index contributed by atoms with van der Waals surface area (Å²) in [6.07, 6.45) is 3.76. The first-order valence-electron chi connectivity index (χ1n) is 6.95. The number of nitrogens with zero attached hydrogens (tertiary/aromatic N) is 2. The van der Waals surface area contributed by atoms with Gasteiger partial charge in [-0.1, -0.05) is 6.42 Å². The van der Waals surface area contributed by atoms with Gasteiger partial charge in [-0.15, -0.1) is 0 Å². The van der Waals surface area contributed by atoms with Crippen LogP contribution < -0.4 is 10.6 Å². The summed E-state index contributed by atoms with van der Waals surface area (Å²) in [5.74, 6) is 2.32. The predicted molar refractivity (Wildman–Crippen MR) is 83.6 cm³/mol. The molecule has 1 aromatic heterocycles. The van der Waals surface area contributed by atoms with Crippen LogP contribution in [0.5, 0.6) is 0 Å². The SMILES string of the molecule is CCNc1cc([N+](=O)[O-])cc(NCC2CCCCS2)n1. The number of pyridine rings is 1. The third-order valence-corrected chi connectivity index (χ3v) is 4.56. The molecule has 20 heavy (non-hydrogen) atoms. The molecule has 110 valence electrons. The maximum atomic E-state index is 10.9. The van der Waals surface area contributed by atoms with Crippen LogP contribution in [0.3, 0.4) is 0 Å². The van der Waals surface area contributed by atoms with Gasteiger partial charge in [-0.25, -0.2) is 4.98 Å². The van der Waals surface area contributed by atoms with Crippen LogP contribution in [0.4, 0.5) is 17.3 Å². The zero-order valence-corrected chi connectivity index (χ0v) is 12.4. The molecule has 2 N–H and O–H groups in total. The smallest absolute Gasteiger partial charge is 0.276 e. The standard InChI is InChI=1S/C13H20N4O2S/c1-2-14-12-7-10(17(18)19)8-13(16-12)15-9-11-5-3-4-6-20-11/h7-8,11H,2-6,9H2,1H3,(H2,14,15,16). The van der Waals surface area contributed by atoms with Crippen LogP contribution in [0.25, 0.3) is 0 Å². The van der Waals surface area contributed by atoms with Crippen LogP contribution in [0.1, 0.15) is 26.2 Å². The van der Waals surface area contributed by atoms with Crippen molar-refractivity contribution < 1.29 is 4.92 Å². The van der Waals surface area contributed by atoms with E-state index in [4.69, 9.17) is 0 Å². The minimum absolute atomic E-state index is 0.0646. The van der Waals surface area contributed by atoms with Gasteiger partial charge in [0.1, 0.15) is 11.6 Å². The van der Waals surface area contributed by atoms with Crippen molar-refractivity contribution in [1.29, 1.82) is 0 Å². The molecular formula is C13H20N4O2S. The lowest BCUT2D eigenvalue weighted by Gasteiger charge is -2.21.